The fourth-order valence-corrected chi connectivity index (χ4v) is 2.45. The van der Waals surface area contributed by atoms with Gasteiger partial charge >= 0.3 is 6.01 Å². The molecule has 0 bridgehead atoms. The Kier molecular flexibility index (Phi) is 4.20. The van der Waals surface area contributed by atoms with E-state index < -0.39 is 5.91 Å². The van der Waals surface area contributed by atoms with E-state index in [0.717, 1.165) is 4.88 Å². The number of thiophene rings is 1. The van der Waals surface area contributed by atoms with Gasteiger partial charge in [0, 0.05) is 6.07 Å². The van der Waals surface area contributed by atoms with Crippen molar-refractivity contribution < 1.29 is 18.7 Å². The van der Waals surface area contributed by atoms with Crippen LogP contribution in [0.15, 0.2) is 34.1 Å². The lowest BCUT2D eigenvalue weighted by Crippen LogP contribution is -2.14. The van der Waals surface area contributed by atoms with E-state index in [2.05, 4.69) is 20.5 Å². The summed E-state index contributed by atoms with van der Waals surface area (Å²) >= 11 is 1.46. The van der Waals surface area contributed by atoms with E-state index in [-0.39, 0.29) is 17.5 Å². The third kappa shape index (κ3) is 3.14. The van der Waals surface area contributed by atoms with Crippen molar-refractivity contribution in [3.8, 4) is 22.5 Å². The van der Waals surface area contributed by atoms with E-state index in [4.69, 9.17) is 13.9 Å². The lowest BCUT2D eigenvalue weighted by Gasteiger charge is -2.07. The number of carbonyl (C=O) groups excluding carboxylic acids is 1. The van der Waals surface area contributed by atoms with Crippen LogP contribution < -0.4 is 14.8 Å². The van der Waals surface area contributed by atoms with Crippen molar-refractivity contribution in [1.82, 2.24) is 15.2 Å². The van der Waals surface area contributed by atoms with Crippen LogP contribution in [0.4, 0.5) is 6.01 Å². The second kappa shape index (κ2) is 6.44. The van der Waals surface area contributed by atoms with Crippen LogP contribution in [0.1, 0.15) is 10.4 Å². The number of pyridine rings is 1. The van der Waals surface area contributed by atoms with Crippen LogP contribution in [-0.4, -0.2) is 35.3 Å². The van der Waals surface area contributed by atoms with Gasteiger partial charge in [0.15, 0.2) is 0 Å². The molecule has 0 unspecified atom stereocenters. The number of amides is 1. The van der Waals surface area contributed by atoms with Gasteiger partial charge < -0.3 is 13.9 Å². The number of aromatic nitrogens is 3. The van der Waals surface area contributed by atoms with Gasteiger partial charge in [-0.25, -0.2) is 0 Å². The minimum Gasteiger partial charge on any atom is -0.481 e. The molecule has 0 atom stereocenters. The maximum absolute atomic E-state index is 12.3. The van der Waals surface area contributed by atoms with Crippen LogP contribution in [0.25, 0.3) is 10.8 Å². The molecular formula is C14H12N4O4S. The molecule has 3 rings (SSSR count). The number of nitrogens with one attached hydrogen (secondary N) is 1. The Morgan fingerprint density at radius 2 is 2.09 bits per heavy atom. The first-order chi connectivity index (χ1) is 11.2. The molecule has 0 saturated heterocycles. The Hall–Kier alpha value is -2.94. The zero-order valence-corrected chi connectivity index (χ0v) is 13.1. The molecule has 1 N–H and O–H groups in total. The summed E-state index contributed by atoms with van der Waals surface area (Å²) < 4.78 is 15.5. The third-order valence-corrected chi connectivity index (χ3v) is 3.72. The Balaban J connectivity index is 1.79. The number of rotatable bonds is 5. The molecule has 0 aliphatic rings. The van der Waals surface area contributed by atoms with Gasteiger partial charge in [-0.05, 0) is 17.5 Å². The molecule has 3 aromatic heterocycles. The Labute approximate surface area is 135 Å². The van der Waals surface area contributed by atoms with Gasteiger partial charge in [0.05, 0.1) is 19.1 Å². The highest BCUT2D eigenvalue weighted by Gasteiger charge is 2.18. The summed E-state index contributed by atoms with van der Waals surface area (Å²) in [6, 6.07) is 6.81. The number of hydrogen-bond acceptors (Lipinski definition) is 8. The van der Waals surface area contributed by atoms with Crippen molar-refractivity contribution in [1.29, 1.82) is 0 Å². The van der Waals surface area contributed by atoms with Gasteiger partial charge in [0.2, 0.25) is 11.8 Å². The maximum atomic E-state index is 12.3. The van der Waals surface area contributed by atoms with Crippen LogP contribution in [-0.2, 0) is 0 Å². The molecule has 0 aliphatic heterocycles. The van der Waals surface area contributed by atoms with Gasteiger partial charge in [-0.15, -0.1) is 16.4 Å². The first-order valence-electron chi connectivity index (χ1n) is 6.49. The molecule has 0 radical (unpaired) electrons. The van der Waals surface area contributed by atoms with Crippen molar-refractivity contribution >= 4 is 23.3 Å². The summed E-state index contributed by atoms with van der Waals surface area (Å²) in [5.41, 5.74) is 0.226. The second-order valence-corrected chi connectivity index (χ2v) is 5.20. The summed E-state index contributed by atoms with van der Waals surface area (Å²) in [4.78, 5) is 17.2. The minimum absolute atomic E-state index is 0.00345. The Morgan fingerprint density at radius 3 is 2.78 bits per heavy atom. The smallest absolute Gasteiger partial charge is 0.322 e. The molecule has 0 fully saturated rings. The first-order valence-corrected chi connectivity index (χ1v) is 7.37. The molecule has 3 aromatic rings. The highest BCUT2D eigenvalue weighted by Crippen LogP contribution is 2.25. The Bertz CT molecular complexity index is 816. The molecular weight excluding hydrogens is 320 g/mol. The molecule has 1 amide bonds. The van der Waals surface area contributed by atoms with Crippen molar-refractivity contribution in [3.05, 3.63) is 35.2 Å². The molecule has 0 spiro atoms. The fraction of sp³-hybridized carbons (Fsp3) is 0.143. The topological polar surface area (TPSA) is 99.4 Å². The SMILES string of the molecule is COc1ccc(C(=O)Nc2nnc(-c3cccs3)o2)c(OC)n1. The molecule has 0 aliphatic carbocycles. The van der Waals surface area contributed by atoms with E-state index in [0.29, 0.717) is 11.8 Å². The van der Waals surface area contributed by atoms with Crippen LogP contribution in [0.2, 0.25) is 0 Å². The first kappa shape index (κ1) is 15.0. The van der Waals surface area contributed by atoms with Gasteiger partial charge in [0.25, 0.3) is 11.8 Å². The number of methoxy groups -OCH3 is 2. The molecule has 9 heteroatoms. The standard InChI is InChI=1S/C14H12N4O4S/c1-20-10-6-5-8(12(15-10)21-2)11(19)16-14-18-17-13(22-14)9-4-3-7-23-9/h3-7H,1-2H3,(H,16,18,19). The second-order valence-electron chi connectivity index (χ2n) is 4.25. The van der Waals surface area contributed by atoms with Gasteiger partial charge in [-0.3, -0.25) is 10.1 Å². The third-order valence-electron chi connectivity index (χ3n) is 2.86. The van der Waals surface area contributed by atoms with E-state index in [9.17, 15) is 4.79 Å². The fourth-order valence-electron chi connectivity index (χ4n) is 1.80. The van der Waals surface area contributed by atoms with Gasteiger partial charge in [-0.1, -0.05) is 11.2 Å². The zero-order chi connectivity index (χ0) is 16.2. The largest absolute Gasteiger partial charge is 0.481 e. The van der Waals surface area contributed by atoms with Gasteiger partial charge in [-0.2, -0.15) is 4.98 Å². The molecule has 3 heterocycles. The summed E-state index contributed by atoms with van der Waals surface area (Å²) in [5, 5.41) is 12.1. The predicted octanol–water partition coefficient (Wildman–Crippen LogP) is 2.46. The summed E-state index contributed by atoms with van der Waals surface area (Å²) in [6.07, 6.45) is 0. The molecule has 0 saturated carbocycles. The normalized spacial score (nSPS) is 10.3. The minimum atomic E-state index is -0.474. The van der Waals surface area contributed by atoms with Crippen LogP contribution in [0.3, 0.4) is 0 Å². The summed E-state index contributed by atoms with van der Waals surface area (Å²) in [5.74, 6) is 0.351. The van der Waals surface area contributed by atoms with E-state index in [1.165, 1.54) is 31.6 Å². The number of carbonyl (C=O) groups is 1. The average Bonchev–Trinajstić information content (AvgIpc) is 3.25. The highest BCUT2D eigenvalue weighted by atomic mass is 32.1. The predicted molar refractivity (Wildman–Crippen MR) is 82.9 cm³/mol. The van der Waals surface area contributed by atoms with E-state index in [1.807, 2.05) is 17.5 Å². The quantitative estimate of drug-likeness (QED) is 0.766. The zero-order valence-electron chi connectivity index (χ0n) is 12.3. The monoisotopic (exact) mass is 332 g/mol. The molecule has 23 heavy (non-hydrogen) atoms. The summed E-state index contributed by atoms with van der Waals surface area (Å²) in [6.45, 7) is 0. The molecule has 0 aromatic carbocycles. The molecule has 118 valence electrons. The van der Waals surface area contributed by atoms with Crippen molar-refractivity contribution in [2.75, 3.05) is 19.5 Å². The number of hydrogen-bond donors (Lipinski definition) is 1. The van der Waals surface area contributed by atoms with Gasteiger partial charge in [0.1, 0.15) is 5.56 Å². The lowest BCUT2D eigenvalue weighted by atomic mass is 10.2. The summed E-state index contributed by atoms with van der Waals surface area (Å²) in [7, 11) is 2.90. The van der Waals surface area contributed by atoms with Crippen molar-refractivity contribution in [3.63, 3.8) is 0 Å². The van der Waals surface area contributed by atoms with E-state index in [1.54, 1.807) is 6.07 Å². The highest BCUT2D eigenvalue weighted by molar-refractivity contribution is 7.13. The number of ether oxygens (including phenoxy) is 2. The average molecular weight is 332 g/mol. The van der Waals surface area contributed by atoms with Crippen molar-refractivity contribution in [2.24, 2.45) is 0 Å². The van der Waals surface area contributed by atoms with Crippen LogP contribution in [0.5, 0.6) is 11.8 Å². The van der Waals surface area contributed by atoms with E-state index >= 15 is 0 Å². The number of nitrogens with zero attached hydrogens (tertiary/aromatic N) is 3. The maximum Gasteiger partial charge on any atom is 0.322 e. The van der Waals surface area contributed by atoms with Crippen LogP contribution in [0, 0.1) is 0 Å². The number of anilines is 1. The lowest BCUT2D eigenvalue weighted by molar-refractivity contribution is 0.102. The van der Waals surface area contributed by atoms with Crippen LogP contribution >= 0.6 is 11.3 Å². The molecule has 8 nitrogen and oxygen atoms in total. The van der Waals surface area contributed by atoms with Crippen molar-refractivity contribution in [2.45, 2.75) is 0 Å². The Morgan fingerprint density at radius 1 is 1.22 bits per heavy atom.